The van der Waals surface area contributed by atoms with Gasteiger partial charge in [-0.15, -0.1) is 0 Å². The molecule has 0 radical (unpaired) electrons. The van der Waals surface area contributed by atoms with Crippen LogP contribution < -0.4 is 9.62 Å². The molecule has 198 valence electrons. The lowest BCUT2D eigenvalue weighted by Crippen LogP contribution is -2.52. The predicted octanol–water partition coefficient (Wildman–Crippen LogP) is 5.30. The Morgan fingerprint density at radius 2 is 1.72 bits per heavy atom. The Kier molecular flexibility index (Phi) is 10.9. The molecule has 2 rings (SSSR count). The van der Waals surface area contributed by atoms with Crippen LogP contribution in [-0.2, 0) is 26.2 Å². The van der Waals surface area contributed by atoms with Crippen LogP contribution in [0.5, 0.6) is 0 Å². The molecule has 1 unspecified atom stereocenters. The van der Waals surface area contributed by atoms with Gasteiger partial charge in [0.2, 0.25) is 21.8 Å². The van der Waals surface area contributed by atoms with Gasteiger partial charge in [-0.3, -0.25) is 13.9 Å². The van der Waals surface area contributed by atoms with Crippen molar-refractivity contribution in [2.75, 3.05) is 23.7 Å². The van der Waals surface area contributed by atoms with Crippen LogP contribution in [0.4, 0.5) is 5.69 Å². The van der Waals surface area contributed by atoms with E-state index in [2.05, 4.69) is 5.32 Å². The molecular formula is C25H32Cl3N3O4S. The van der Waals surface area contributed by atoms with Crippen molar-refractivity contribution in [3.63, 3.8) is 0 Å². The molecule has 2 aromatic rings. The zero-order valence-electron chi connectivity index (χ0n) is 21.0. The summed E-state index contributed by atoms with van der Waals surface area (Å²) in [5.74, 6) is -0.667. The predicted molar refractivity (Wildman–Crippen MR) is 147 cm³/mol. The second-order valence-electron chi connectivity index (χ2n) is 8.97. The number of hydrogen-bond donors (Lipinski definition) is 1. The Labute approximate surface area is 228 Å². The molecule has 36 heavy (non-hydrogen) atoms. The van der Waals surface area contributed by atoms with Gasteiger partial charge in [0.05, 0.1) is 11.9 Å². The van der Waals surface area contributed by atoms with Crippen molar-refractivity contribution < 1.29 is 18.0 Å². The van der Waals surface area contributed by atoms with Crippen molar-refractivity contribution in [1.29, 1.82) is 0 Å². The minimum Gasteiger partial charge on any atom is -0.354 e. The van der Waals surface area contributed by atoms with E-state index in [1.165, 1.54) is 4.90 Å². The molecular weight excluding hydrogens is 545 g/mol. The van der Waals surface area contributed by atoms with Gasteiger partial charge in [-0.05, 0) is 54.7 Å². The second kappa shape index (κ2) is 13.0. The first kappa shape index (κ1) is 30.2. The fourth-order valence-corrected chi connectivity index (χ4v) is 5.17. The van der Waals surface area contributed by atoms with Gasteiger partial charge < -0.3 is 10.2 Å². The summed E-state index contributed by atoms with van der Waals surface area (Å²) in [5.41, 5.74) is 1.39. The van der Waals surface area contributed by atoms with Gasteiger partial charge in [0, 0.05) is 28.2 Å². The van der Waals surface area contributed by atoms with Gasteiger partial charge >= 0.3 is 0 Å². The maximum Gasteiger partial charge on any atom is 0.244 e. The molecule has 0 bridgehead atoms. The Morgan fingerprint density at radius 3 is 2.28 bits per heavy atom. The molecule has 2 amide bonds. The Bertz CT molecular complexity index is 1210. The van der Waals surface area contributed by atoms with Gasteiger partial charge in [-0.25, -0.2) is 8.42 Å². The van der Waals surface area contributed by atoms with Crippen LogP contribution in [0.2, 0.25) is 15.1 Å². The molecule has 2 aromatic carbocycles. The lowest BCUT2D eigenvalue weighted by atomic mass is 10.1. The normalized spacial score (nSPS) is 12.4. The summed E-state index contributed by atoms with van der Waals surface area (Å²) >= 11 is 18.6. The van der Waals surface area contributed by atoms with Gasteiger partial charge in [-0.1, -0.05) is 67.7 Å². The van der Waals surface area contributed by atoms with Crippen LogP contribution >= 0.6 is 34.8 Å². The fourth-order valence-electron chi connectivity index (χ4n) is 3.64. The summed E-state index contributed by atoms with van der Waals surface area (Å²) in [6, 6.07) is 8.88. The molecule has 11 heteroatoms. The van der Waals surface area contributed by atoms with E-state index < -0.39 is 28.5 Å². The summed E-state index contributed by atoms with van der Waals surface area (Å²) in [6.07, 6.45) is 1.34. The van der Waals surface area contributed by atoms with Gasteiger partial charge in [-0.2, -0.15) is 0 Å². The van der Waals surface area contributed by atoms with Gasteiger partial charge in [0.25, 0.3) is 0 Å². The minimum atomic E-state index is -3.86. The van der Waals surface area contributed by atoms with Crippen LogP contribution in [0.15, 0.2) is 36.4 Å². The molecule has 1 N–H and O–H groups in total. The van der Waals surface area contributed by atoms with E-state index in [9.17, 15) is 18.0 Å². The highest BCUT2D eigenvalue weighted by molar-refractivity contribution is 7.92. The van der Waals surface area contributed by atoms with E-state index in [1.54, 1.807) is 50.2 Å². The Balaban J connectivity index is 2.50. The van der Waals surface area contributed by atoms with E-state index in [0.717, 1.165) is 10.6 Å². The highest BCUT2D eigenvalue weighted by Crippen LogP contribution is 2.29. The molecule has 0 fully saturated rings. The summed E-state index contributed by atoms with van der Waals surface area (Å²) in [6.45, 7) is 7.33. The van der Waals surface area contributed by atoms with Crippen LogP contribution in [-0.4, -0.2) is 50.5 Å². The number of carbonyl (C=O) groups excluding carboxylic acids is 2. The summed E-state index contributed by atoms with van der Waals surface area (Å²) in [7, 11) is -3.86. The van der Waals surface area contributed by atoms with Crippen molar-refractivity contribution in [1.82, 2.24) is 10.2 Å². The molecule has 7 nitrogen and oxygen atoms in total. The van der Waals surface area contributed by atoms with Crippen molar-refractivity contribution >= 4 is 62.3 Å². The maximum atomic E-state index is 13.7. The van der Waals surface area contributed by atoms with E-state index in [0.29, 0.717) is 44.8 Å². The largest absolute Gasteiger partial charge is 0.354 e. The standard InChI is InChI=1S/C25H32Cl3N3O4S/c1-6-22(25(33)29-13-16(2)3)30(14-18-10-11-19(26)12-21(18)28)24(32)15-31(36(5,34)35)23-9-7-8-20(27)17(23)4/h7-12,16,22H,6,13-15H2,1-5H3,(H,29,33). The molecule has 0 aliphatic carbocycles. The molecule has 0 aromatic heterocycles. The fraction of sp³-hybridized carbons (Fsp3) is 0.440. The molecule has 0 saturated carbocycles. The number of sulfonamides is 1. The van der Waals surface area contributed by atoms with Crippen LogP contribution in [0.3, 0.4) is 0 Å². The zero-order valence-corrected chi connectivity index (χ0v) is 24.1. The number of carbonyl (C=O) groups is 2. The molecule has 0 heterocycles. The van der Waals surface area contributed by atoms with Gasteiger partial charge in [0.15, 0.2) is 0 Å². The third-order valence-electron chi connectivity index (χ3n) is 5.61. The quantitative estimate of drug-likeness (QED) is 0.393. The number of hydrogen-bond acceptors (Lipinski definition) is 4. The first-order valence-corrected chi connectivity index (χ1v) is 14.5. The molecule has 0 aliphatic heterocycles. The van der Waals surface area contributed by atoms with Gasteiger partial charge in [0.1, 0.15) is 12.6 Å². The van der Waals surface area contributed by atoms with Crippen molar-refractivity contribution in [2.45, 2.75) is 46.7 Å². The summed E-state index contributed by atoms with van der Waals surface area (Å²) < 4.78 is 26.5. The number of halogens is 3. The number of nitrogens with zero attached hydrogens (tertiary/aromatic N) is 2. The minimum absolute atomic E-state index is 0.00539. The SMILES string of the molecule is CCC(C(=O)NCC(C)C)N(Cc1ccc(Cl)cc1Cl)C(=O)CN(c1cccc(Cl)c1C)S(C)(=O)=O. The average molecular weight is 577 g/mol. The third-order valence-corrected chi connectivity index (χ3v) is 7.74. The lowest BCUT2D eigenvalue weighted by molar-refractivity contribution is -0.140. The number of nitrogens with one attached hydrogen (secondary N) is 1. The second-order valence-corrected chi connectivity index (χ2v) is 12.1. The third kappa shape index (κ3) is 8.00. The number of anilines is 1. The molecule has 0 saturated heterocycles. The van der Waals surface area contributed by atoms with Crippen LogP contribution in [0.25, 0.3) is 0 Å². The molecule has 1 atom stereocenters. The van der Waals surface area contributed by atoms with E-state index in [-0.39, 0.29) is 18.4 Å². The lowest BCUT2D eigenvalue weighted by Gasteiger charge is -2.33. The Morgan fingerprint density at radius 1 is 1.06 bits per heavy atom. The highest BCUT2D eigenvalue weighted by Gasteiger charge is 2.32. The van der Waals surface area contributed by atoms with E-state index >= 15 is 0 Å². The highest BCUT2D eigenvalue weighted by atomic mass is 35.5. The Hall–Kier alpha value is -2.00. The molecule has 0 spiro atoms. The van der Waals surface area contributed by atoms with Crippen molar-refractivity contribution in [3.05, 3.63) is 62.6 Å². The number of rotatable bonds is 11. The topological polar surface area (TPSA) is 86.8 Å². The number of amides is 2. The first-order chi connectivity index (χ1) is 16.8. The van der Waals surface area contributed by atoms with Crippen LogP contribution in [0.1, 0.15) is 38.3 Å². The maximum absolute atomic E-state index is 13.7. The van der Waals surface area contributed by atoms with Crippen molar-refractivity contribution in [3.8, 4) is 0 Å². The monoisotopic (exact) mass is 575 g/mol. The summed E-state index contributed by atoms with van der Waals surface area (Å²) in [4.78, 5) is 28.2. The average Bonchev–Trinajstić information content (AvgIpc) is 2.78. The van der Waals surface area contributed by atoms with E-state index in [1.807, 2.05) is 13.8 Å². The smallest absolute Gasteiger partial charge is 0.244 e. The van der Waals surface area contributed by atoms with Crippen molar-refractivity contribution in [2.24, 2.45) is 5.92 Å². The van der Waals surface area contributed by atoms with E-state index in [4.69, 9.17) is 34.8 Å². The zero-order chi connectivity index (χ0) is 27.2. The number of benzene rings is 2. The summed E-state index contributed by atoms with van der Waals surface area (Å²) in [5, 5.41) is 4.02. The first-order valence-electron chi connectivity index (χ1n) is 11.5. The molecule has 0 aliphatic rings. The van der Waals surface area contributed by atoms with Crippen LogP contribution in [0, 0.1) is 12.8 Å².